The third-order valence-electron chi connectivity index (χ3n) is 5.84. The van der Waals surface area contributed by atoms with Crippen LogP contribution in [0.3, 0.4) is 0 Å². The molecule has 0 radical (unpaired) electrons. The molecule has 1 unspecified atom stereocenters. The van der Waals surface area contributed by atoms with Crippen LogP contribution in [0.5, 0.6) is 5.75 Å². The van der Waals surface area contributed by atoms with Gasteiger partial charge in [-0.05, 0) is 62.6 Å². The average molecular weight is 486 g/mol. The summed E-state index contributed by atoms with van der Waals surface area (Å²) in [7, 11) is -1.99. The molecule has 0 aliphatic carbocycles. The minimum absolute atomic E-state index is 0.165. The van der Waals surface area contributed by atoms with Crippen LogP contribution >= 0.6 is 11.3 Å². The first-order chi connectivity index (χ1) is 15.8. The zero-order valence-corrected chi connectivity index (χ0v) is 20.5. The average Bonchev–Trinajstić information content (AvgIpc) is 3.28. The molecule has 1 aliphatic rings. The summed E-state index contributed by atoms with van der Waals surface area (Å²) < 4.78 is 32.8. The van der Waals surface area contributed by atoms with Crippen LogP contribution < -0.4 is 10.1 Å². The van der Waals surface area contributed by atoms with Gasteiger partial charge >= 0.3 is 0 Å². The van der Waals surface area contributed by atoms with E-state index in [4.69, 9.17) is 4.74 Å². The van der Waals surface area contributed by atoms with Crippen molar-refractivity contribution in [1.82, 2.24) is 9.29 Å². The van der Waals surface area contributed by atoms with Crippen molar-refractivity contribution in [3.05, 3.63) is 59.0 Å². The van der Waals surface area contributed by atoms with Crippen molar-refractivity contribution < 1.29 is 17.9 Å². The van der Waals surface area contributed by atoms with E-state index in [-0.39, 0.29) is 17.3 Å². The van der Waals surface area contributed by atoms with Crippen molar-refractivity contribution in [2.24, 2.45) is 5.92 Å². The van der Waals surface area contributed by atoms with Crippen molar-refractivity contribution in [3.63, 3.8) is 0 Å². The van der Waals surface area contributed by atoms with E-state index in [1.807, 2.05) is 37.4 Å². The van der Waals surface area contributed by atoms with Crippen LogP contribution in [0.1, 0.15) is 24.0 Å². The van der Waals surface area contributed by atoms with E-state index in [1.54, 1.807) is 31.4 Å². The Morgan fingerprint density at radius 2 is 1.94 bits per heavy atom. The number of sulfonamides is 1. The molecule has 4 rings (SSSR count). The minimum atomic E-state index is -3.63. The van der Waals surface area contributed by atoms with Crippen LogP contribution in [-0.2, 0) is 14.8 Å². The quantitative estimate of drug-likeness (QED) is 0.556. The molecular weight excluding hydrogens is 458 g/mol. The topological polar surface area (TPSA) is 88.6 Å². The number of nitrogens with zero attached hydrogens (tertiary/aromatic N) is 2. The van der Waals surface area contributed by atoms with Gasteiger partial charge < -0.3 is 10.1 Å². The highest BCUT2D eigenvalue weighted by atomic mass is 32.2. The molecule has 33 heavy (non-hydrogen) atoms. The van der Waals surface area contributed by atoms with Gasteiger partial charge in [0.15, 0.2) is 5.13 Å². The third-order valence-corrected chi connectivity index (χ3v) is 8.48. The van der Waals surface area contributed by atoms with Crippen LogP contribution in [0.25, 0.3) is 11.3 Å². The molecule has 1 aliphatic heterocycles. The Balaban J connectivity index is 1.44. The molecule has 9 heteroatoms. The van der Waals surface area contributed by atoms with Crippen LogP contribution in [-0.4, -0.2) is 43.8 Å². The molecule has 1 saturated heterocycles. The summed E-state index contributed by atoms with van der Waals surface area (Å²) >= 11 is 1.35. The predicted molar refractivity (Wildman–Crippen MR) is 130 cm³/mol. The number of hydrogen-bond acceptors (Lipinski definition) is 6. The maximum atomic E-state index is 13.0. The number of thiazole rings is 1. The zero-order chi connectivity index (χ0) is 23.6. The zero-order valence-electron chi connectivity index (χ0n) is 18.9. The molecule has 3 aromatic rings. The molecule has 7 nitrogen and oxygen atoms in total. The first-order valence-electron chi connectivity index (χ1n) is 10.8. The normalized spacial score (nSPS) is 17.0. The number of aromatic nitrogens is 1. The molecule has 1 aromatic heterocycles. The van der Waals surface area contributed by atoms with Crippen LogP contribution in [0.4, 0.5) is 5.13 Å². The Labute approximate surface area is 198 Å². The fourth-order valence-corrected chi connectivity index (χ4v) is 6.19. The fraction of sp³-hybridized carbons (Fsp3) is 0.333. The molecule has 174 valence electrons. The largest absolute Gasteiger partial charge is 0.496 e. The number of amides is 1. The van der Waals surface area contributed by atoms with Crippen molar-refractivity contribution in [2.45, 2.75) is 31.6 Å². The number of benzene rings is 2. The van der Waals surface area contributed by atoms with Gasteiger partial charge in [0.25, 0.3) is 0 Å². The number of piperidine rings is 1. The molecule has 0 saturated carbocycles. The molecule has 0 bridgehead atoms. The van der Waals surface area contributed by atoms with Gasteiger partial charge in [-0.3, -0.25) is 4.79 Å². The monoisotopic (exact) mass is 485 g/mol. The van der Waals surface area contributed by atoms with Gasteiger partial charge in [-0.1, -0.05) is 17.7 Å². The van der Waals surface area contributed by atoms with Gasteiger partial charge in [0.05, 0.1) is 23.6 Å². The Morgan fingerprint density at radius 1 is 1.18 bits per heavy atom. The van der Waals surface area contributed by atoms with Crippen molar-refractivity contribution in [3.8, 4) is 17.0 Å². The van der Waals surface area contributed by atoms with Gasteiger partial charge in [0, 0.05) is 24.0 Å². The van der Waals surface area contributed by atoms with Gasteiger partial charge in [-0.15, -0.1) is 11.3 Å². The summed E-state index contributed by atoms with van der Waals surface area (Å²) in [6, 6.07) is 12.6. The second-order valence-corrected chi connectivity index (χ2v) is 11.0. The lowest BCUT2D eigenvalue weighted by Crippen LogP contribution is -2.43. The number of hydrogen-bond donors (Lipinski definition) is 1. The Morgan fingerprint density at radius 3 is 2.64 bits per heavy atom. The standard InChI is InChI=1S/C24H27N3O4S2/c1-16-6-9-20(10-7-16)33(29,30)27-12-4-5-19(14-27)23(28)26-24-25-21(15-32-24)18-8-11-22(31-3)17(2)13-18/h6-11,13,15,19H,4-5,12,14H2,1-3H3,(H,25,26,28). The lowest BCUT2D eigenvalue weighted by atomic mass is 9.99. The van der Waals surface area contributed by atoms with E-state index >= 15 is 0 Å². The smallest absolute Gasteiger partial charge is 0.243 e. The van der Waals surface area contributed by atoms with Crippen molar-refractivity contribution in [2.75, 3.05) is 25.5 Å². The second-order valence-electron chi connectivity index (χ2n) is 8.23. The third kappa shape index (κ3) is 5.10. The first-order valence-corrected chi connectivity index (χ1v) is 13.1. The number of anilines is 1. The molecule has 1 N–H and O–H groups in total. The summed E-state index contributed by atoms with van der Waals surface area (Å²) in [5.41, 5.74) is 3.72. The molecular formula is C24H27N3O4S2. The van der Waals surface area contributed by atoms with Crippen LogP contribution in [0.15, 0.2) is 52.7 Å². The van der Waals surface area contributed by atoms with Crippen molar-refractivity contribution in [1.29, 1.82) is 0 Å². The van der Waals surface area contributed by atoms with Crippen LogP contribution in [0, 0.1) is 19.8 Å². The van der Waals surface area contributed by atoms with E-state index < -0.39 is 15.9 Å². The Hall–Kier alpha value is -2.75. The number of carbonyl (C=O) groups excluding carboxylic acids is 1. The lowest BCUT2D eigenvalue weighted by molar-refractivity contribution is -0.120. The molecule has 2 heterocycles. The number of ether oxygens (including phenoxy) is 1. The molecule has 0 spiro atoms. The summed E-state index contributed by atoms with van der Waals surface area (Å²) in [6.07, 6.45) is 1.28. The molecule has 2 aromatic carbocycles. The summed E-state index contributed by atoms with van der Waals surface area (Å²) in [5.74, 6) is 0.185. The molecule has 1 amide bonds. The minimum Gasteiger partial charge on any atom is -0.496 e. The molecule has 1 atom stereocenters. The van der Waals surface area contributed by atoms with Gasteiger partial charge in [0.1, 0.15) is 5.75 Å². The van der Waals surface area contributed by atoms with E-state index in [9.17, 15) is 13.2 Å². The number of nitrogens with one attached hydrogen (secondary N) is 1. The number of rotatable bonds is 6. The number of aryl methyl sites for hydroxylation is 2. The lowest BCUT2D eigenvalue weighted by Gasteiger charge is -2.31. The highest BCUT2D eigenvalue weighted by molar-refractivity contribution is 7.89. The van der Waals surface area contributed by atoms with Crippen molar-refractivity contribution >= 4 is 32.4 Å². The van der Waals surface area contributed by atoms with E-state index in [1.165, 1.54) is 15.6 Å². The predicted octanol–water partition coefficient (Wildman–Crippen LogP) is 4.47. The SMILES string of the molecule is COc1ccc(-c2csc(NC(=O)C3CCCN(S(=O)(=O)c4ccc(C)cc4)C3)n2)cc1C. The van der Waals surface area contributed by atoms with E-state index in [0.717, 1.165) is 28.1 Å². The number of methoxy groups -OCH3 is 1. The molecule has 1 fully saturated rings. The summed E-state index contributed by atoms with van der Waals surface area (Å²) in [4.78, 5) is 17.7. The maximum Gasteiger partial charge on any atom is 0.243 e. The van der Waals surface area contributed by atoms with E-state index in [0.29, 0.717) is 24.5 Å². The summed E-state index contributed by atoms with van der Waals surface area (Å²) in [6.45, 7) is 4.46. The van der Waals surface area contributed by atoms with Gasteiger partial charge in [0.2, 0.25) is 15.9 Å². The number of carbonyl (C=O) groups is 1. The van der Waals surface area contributed by atoms with Gasteiger partial charge in [-0.25, -0.2) is 13.4 Å². The Kier molecular flexibility index (Phi) is 6.83. The highest BCUT2D eigenvalue weighted by Crippen LogP contribution is 2.30. The summed E-state index contributed by atoms with van der Waals surface area (Å²) in [5, 5.41) is 5.28. The Bertz CT molecular complexity index is 1250. The fourth-order valence-electron chi connectivity index (χ4n) is 3.94. The maximum absolute atomic E-state index is 13.0. The van der Waals surface area contributed by atoms with E-state index in [2.05, 4.69) is 10.3 Å². The van der Waals surface area contributed by atoms with Crippen LogP contribution in [0.2, 0.25) is 0 Å². The first kappa shape index (κ1) is 23.4. The van der Waals surface area contributed by atoms with Gasteiger partial charge in [-0.2, -0.15) is 4.31 Å². The second kappa shape index (κ2) is 9.62. The highest BCUT2D eigenvalue weighted by Gasteiger charge is 2.33.